The van der Waals surface area contributed by atoms with Crippen LogP contribution in [0.1, 0.15) is 47.6 Å². The summed E-state index contributed by atoms with van der Waals surface area (Å²) in [4.78, 5) is 13.9. The van der Waals surface area contributed by atoms with E-state index in [0.29, 0.717) is 24.4 Å². The summed E-state index contributed by atoms with van der Waals surface area (Å²) in [6, 6.07) is 27.7. The fourth-order valence-electron chi connectivity index (χ4n) is 5.39. The lowest BCUT2D eigenvalue weighted by molar-refractivity contribution is -0.153. The predicted octanol–water partition coefficient (Wildman–Crippen LogP) is 9.00. The summed E-state index contributed by atoms with van der Waals surface area (Å²) in [6.45, 7) is 6.36. The summed E-state index contributed by atoms with van der Waals surface area (Å²) < 4.78 is 51.0. The van der Waals surface area contributed by atoms with Crippen molar-refractivity contribution in [2.24, 2.45) is 0 Å². The number of nitrogens with zero attached hydrogens (tertiary/aromatic N) is 1. The van der Waals surface area contributed by atoms with E-state index in [1.54, 1.807) is 27.0 Å². The normalized spacial score (nSPS) is 12.2. The first kappa shape index (κ1) is 30.9. The van der Waals surface area contributed by atoms with Crippen molar-refractivity contribution in [3.8, 4) is 16.9 Å². The number of ether oxygens (including phenoxy) is 1. The van der Waals surface area contributed by atoms with Gasteiger partial charge in [-0.15, -0.1) is 0 Å². The van der Waals surface area contributed by atoms with E-state index in [0.717, 1.165) is 44.7 Å². The Kier molecular flexibility index (Phi) is 8.57. The molecule has 44 heavy (non-hydrogen) atoms. The fourth-order valence-corrected chi connectivity index (χ4v) is 5.39. The van der Waals surface area contributed by atoms with E-state index >= 15 is 0 Å². The van der Waals surface area contributed by atoms with E-state index in [9.17, 15) is 23.1 Å². The highest BCUT2D eigenvalue weighted by Gasteiger charge is 2.35. The van der Waals surface area contributed by atoms with Crippen LogP contribution in [0.3, 0.4) is 0 Å². The molecule has 5 rings (SSSR count). The molecule has 1 N–H and O–H groups in total. The molecule has 0 unspecified atom stereocenters. The number of fused-ring (bicyclic) bond motifs is 1. The number of hydrogen-bond donors (Lipinski definition) is 1. The van der Waals surface area contributed by atoms with Gasteiger partial charge in [-0.25, -0.2) is 0 Å². The largest absolute Gasteiger partial charge is 0.496 e. The summed E-state index contributed by atoms with van der Waals surface area (Å²) in [5.74, 6) is -1.11. The topological polar surface area (TPSA) is 62.9 Å². The monoisotopic (exact) mass is 601 g/mol. The third-order valence-corrected chi connectivity index (χ3v) is 8.11. The van der Waals surface area contributed by atoms with E-state index in [1.807, 2.05) is 66.4 Å². The standard InChI is InChI=1S/C36H34F3NO4/c1-23-12-13-24-8-5-6-11-30(24)31(23)22-40(21-29-16-17-33(44-29)36(37,38)39)20-27-15-14-26(19-32(27)43-4)25-9-7-10-28(18-25)35(2,3)34(41)42/h5-19H,20-22H2,1-4H3,(H,41,42). The van der Waals surface area contributed by atoms with Gasteiger partial charge in [0.25, 0.3) is 0 Å². The average Bonchev–Trinajstić information content (AvgIpc) is 3.48. The zero-order valence-electron chi connectivity index (χ0n) is 25.0. The van der Waals surface area contributed by atoms with Crippen molar-refractivity contribution in [2.45, 2.75) is 52.0 Å². The minimum atomic E-state index is -4.56. The number of carboxylic acid groups (broad SMARTS) is 1. The molecule has 0 saturated carbocycles. The second-order valence-corrected chi connectivity index (χ2v) is 11.5. The van der Waals surface area contributed by atoms with Crippen LogP contribution in [0.15, 0.2) is 95.4 Å². The van der Waals surface area contributed by atoms with E-state index in [2.05, 4.69) is 18.2 Å². The van der Waals surface area contributed by atoms with Crippen LogP contribution in [0.25, 0.3) is 21.9 Å². The molecular weight excluding hydrogens is 567 g/mol. The lowest BCUT2D eigenvalue weighted by Gasteiger charge is -2.25. The van der Waals surface area contributed by atoms with Crippen LogP contribution in [0, 0.1) is 6.92 Å². The number of halogens is 3. The van der Waals surface area contributed by atoms with Gasteiger partial charge in [-0.1, -0.05) is 72.8 Å². The van der Waals surface area contributed by atoms with E-state index in [-0.39, 0.29) is 12.3 Å². The highest BCUT2D eigenvalue weighted by atomic mass is 19.4. The summed E-state index contributed by atoms with van der Waals surface area (Å²) in [5.41, 5.74) is 4.33. The molecule has 4 aromatic carbocycles. The zero-order valence-corrected chi connectivity index (χ0v) is 25.0. The molecular formula is C36H34F3NO4. The molecule has 1 aromatic heterocycles. The van der Waals surface area contributed by atoms with Crippen molar-refractivity contribution >= 4 is 16.7 Å². The van der Waals surface area contributed by atoms with Crippen LogP contribution >= 0.6 is 0 Å². The number of aliphatic carboxylic acids is 1. The number of carboxylic acids is 1. The Morgan fingerprint density at radius 3 is 2.32 bits per heavy atom. The number of aryl methyl sites for hydroxylation is 1. The van der Waals surface area contributed by atoms with Crippen molar-refractivity contribution in [1.29, 1.82) is 0 Å². The van der Waals surface area contributed by atoms with Gasteiger partial charge in [-0.3, -0.25) is 9.69 Å². The third-order valence-electron chi connectivity index (χ3n) is 8.11. The molecule has 5 aromatic rings. The van der Waals surface area contributed by atoms with Crippen LogP contribution in [0.2, 0.25) is 0 Å². The van der Waals surface area contributed by atoms with Crippen molar-refractivity contribution in [1.82, 2.24) is 4.90 Å². The SMILES string of the molecule is COc1cc(-c2cccc(C(C)(C)C(=O)O)c2)ccc1CN(Cc1ccc(C(F)(F)F)o1)Cc1c(C)ccc2ccccc12. The fraction of sp³-hybridized carbons (Fsp3) is 0.250. The molecule has 0 bridgehead atoms. The lowest BCUT2D eigenvalue weighted by Crippen LogP contribution is -2.28. The third kappa shape index (κ3) is 6.50. The molecule has 0 aliphatic carbocycles. The van der Waals surface area contributed by atoms with Crippen LogP contribution in [0.5, 0.6) is 5.75 Å². The molecule has 1 heterocycles. The first-order chi connectivity index (χ1) is 20.9. The molecule has 0 spiro atoms. The lowest BCUT2D eigenvalue weighted by atomic mass is 9.83. The Morgan fingerprint density at radius 1 is 0.864 bits per heavy atom. The summed E-state index contributed by atoms with van der Waals surface area (Å²) >= 11 is 0. The Hall–Kier alpha value is -4.56. The average molecular weight is 602 g/mol. The molecule has 0 atom stereocenters. The second kappa shape index (κ2) is 12.2. The molecule has 8 heteroatoms. The quantitative estimate of drug-likeness (QED) is 0.173. The minimum absolute atomic E-state index is 0.149. The van der Waals surface area contributed by atoms with Crippen molar-refractivity contribution in [2.75, 3.05) is 7.11 Å². The van der Waals surface area contributed by atoms with Gasteiger partial charge < -0.3 is 14.3 Å². The van der Waals surface area contributed by atoms with Crippen molar-refractivity contribution in [3.05, 3.63) is 125 Å². The van der Waals surface area contributed by atoms with Crippen molar-refractivity contribution < 1.29 is 32.2 Å². The molecule has 0 fully saturated rings. The van der Waals surface area contributed by atoms with Crippen LogP contribution in [0.4, 0.5) is 13.2 Å². The molecule has 0 radical (unpaired) electrons. The first-order valence-corrected chi connectivity index (χ1v) is 14.2. The zero-order chi connectivity index (χ0) is 31.6. The Labute approximate surface area is 254 Å². The van der Waals surface area contributed by atoms with Gasteiger partial charge >= 0.3 is 12.1 Å². The van der Waals surface area contributed by atoms with Gasteiger partial charge in [-0.05, 0) is 77.6 Å². The number of benzene rings is 4. The minimum Gasteiger partial charge on any atom is -0.496 e. The summed E-state index contributed by atoms with van der Waals surface area (Å²) in [6.07, 6.45) is -4.56. The van der Waals surface area contributed by atoms with E-state index < -0.39 is 23.3 Å². The highest BCUT2D eigenvalue weighted by molar-refractivity contribution is 5.86. The predicted molar refractivity (Wildman–Crippen MR) is 164 cm³/mol. The van der Waals surface area contributed by atoms with Crippen molar-refractivity contribution in [3.63, 3.8) is 0 Å². The van der Waals surface area contributed by atoms with Gasteiger partial charge in [0.05, 0.1) is 19.1 Å². The van der Waals surface area contributed by atoms with Gasteiger partial charge in [0, 0.05) is 18.7 Å². The highest BCUT2D eigenvalue weighted by Crippen LogP contribution is 2.34. The van der Waals surface area contributed by atoms with Gasteiger partial charge in [-0.2, -0.15) is 13.2 Å². The maximum Gasteiger partial charge on any atom is 0.449 e. The number of rotatable bonds is 10. The number of hydrogen-bond acceptors (Lipinski definition) is 4. The molecule has 0 saturated heterocycles. The van der Waals surface area contributed by atoms with Crippen LogP contribution in [-0.2, 0) is 36.0 Å². The Bertz CT molecular complexity index is 1810. The molecule has 0 aliphatic heterocycles. The van der Waals surface area contributed by atoms with Gasteiger partial charge in [0.1, 0.15) is 11.5 Å². The number of furan rings is 1. The summed E-state index contributed by atoms with van der Waals surface area (Å²) in [7, 11) is 1.58. The Balaban J connectivity index is 1.50. The van der Waals surface area contributed by atoms with Gasteiger partial charge in [0.2, 0.25) is 5.76 Å². The second-order valence-electron chi connectivity index (χ2n) is 11.5. The molecule has 0 amide bonds. The van der Waals surface area contributed by atoms with Crippen LogP contribution in [-0.4, -0.2) is 23.1 Å². The molecule has 5 nitrogen and oxygen atoms in total. The van der Waals surface area contributed by atoms with Gasteiger partial charge in [0.15, 0.2) is 0 Å². The number of methoxy groups -OCH3 is 1. The molecule has 228 valence electrons. The maximum atomic E-state index is 13.3. The Morgan fingerprint density at radius 2 is 1.61 bits per heavy atom. The smallest absolute Gasteiger partial charge is 0.449 e. The van der Waals surface area contributed by atoms with E-state index in [1.165, 1.54) is 6.07 Å². The van der Waals surface area contributed by atoms with E-state index in [4.69, 9.17) is 9.15 Å². The molecule has 0 aliphatic rings. The number of carbonyl (C=O) groups is 1. The number of alkyl halides is 3. The maximum absolute atomic E-state index is 13.3. The van der Waals surface area contributed by atoms with Crippen LogP contribution < -0.4 is 4.74 Å². The first-order valence-electron chi connectivity index (χ1n) is 14.2. The summed E-state index contributed by atoms with van der Waals surface area (Å²) in [5, 5.41) is 11.9.